The molecule has 0 saturated carbocycles. The Morgan fingerprint density at radius 3 is 2.57 bits per heavy atom. The molecule has 0 unspecified atom stereocenters. The SMILES string of the molecule is CNC(=O)OCCCCCCOc1ccc(-c2n[nH]c3cc(Br)ccc23)cc1. The summed E-state index contributed by atoms with van der Waals surface area (Å²) in [6.45, 7) is 1.13. The van der Waals surface area contributed by atoms with E-state index in [9.17, 15) is 4.79 Å². The molecule has 1 amide bonds. The molecule has 0 atom stereocenters. The van der Waals surface area contributed by atoms with Crippen LogP contribution in [0, 0.1) is 0 Å². The number of fused-ring (bicyclic) bond motifs is 1. The maximum Gasteiger partial charge on any atom is 0.406 e. The van der Waals surface area contributed by atoms with Crippen LogP contribution in [-0.4, -0.2) is 36.6 Å². The summed E-state index contributed by atoms with van der Waals surface area (Å²) in [7, 11) is 1.56. The maximum atomic E-state index is 10.9. The van der Waals surface area contributed by atoms with E-state index < -0.39 is 0 Å². The topological polar surface area (TPSA) is 76.2 Å². The van der Waals surface area contributed by atoms with Crippen molar-refractivity contribution in [2.45, 2.75) is 25.7 Å². The van der Waals surface area contributed by atoms with E-state index in [0.717, 1.165) is 58.1 Å². The lowest BCUT2D eigenvalue weighted by Crippen LogP contribution is -2.19. The Morgan fingerprint density at radius 2 is 1.82 bits per heavy atom. The van der Waals surface area contributed by atoms with E-state index in [2.05, 4.69) is 37.5 Å². The predicted octanol–water partition coefficient (Wildman–Crippen LogP) is 5.29. The maximum absolute atomic E-state index is 10.9. The van der Waals surface area contributed by atoms with Crippen molar-refractivity contribution < 1.29 is 14.3 Å². The van der Waals surface area contributed by atoms with Gasteiger partial charge in [0.1, 0.15) is 5.75 Å². The Hall–Kier alpha value is -2.54. The lowest BCUT2D eigenvalue weighted by molar-refractivity contribution is 0.146. The number of ether oxygens (including phenoxy) is 2. The first kappa shape index (κ1) is 20.2. The number of H-pyrrole nitrogens is 1. The number of halogens is 1. The summed E-state index contributed by atoms with van der Waals surface area (Å²) < 4.78 is 11.8. The standard InChI is InChI=1S/C21H24BrN3O3/c1-23-21(26)28-13-5-3-2-4-12-27-17-9-6-15(7-10-17)20-18-11-8-16(22)14-19(18)24-25-20/h6-11,14H,2-5,12-13H2,1H3,(H,23,26)(H,24,25). The highest BCUT2D eigenvalue weighted by Crippen LogP contribution is 2.29. The van der Waals surface area contributed by atoms with E-state index in [1.54, 1.807) is 7.05 Å². The van der Waals surface area contributed by atoms with Crippen LogP contribution in [0.1, 0.15) is 25.7 Å². The van der Waals surface area contributed by atoms with Gasteiger partial charge < -0.3 is 14.8 Å². The molecule has 148 valence electrons. The van der Waals surface area contributed by atoms with Crippen molar-refractivity contribution in [1.82, 2.24) is 15.5 Å². The van der Waals surface area contributed by atoms with Gasteiger partial charge in [0.2, 0.25) is 0 Å². The minimum Gasteiger partial charge on any atom is -0.494 e. The first-order chi connectivity index (χ1) is 13.7. The molecule has 6 nitrogen and oxygen atoms in total. The molecule has 0 aliphatic rings. The van der Waals surface area contributed by atoms with Crippen molar-refractivity contribution >= 4 is 32.9 Å². The molecule has 0 spiro atoms. The molecule has 28 heavy (non-hydrogen) atoms. The van der Waals surface area contributed by atoms with E-state index in [0.29, 0.717) is 13.2 Å². The second kappa shape index (κ2) is 10.1. The zero-order chi connectivity index (χ0) is 19.8. The van der Waals surface area contributed by atoms with Gasteiger partial charge in [-0.2, -0.15) is 5.10 Å². The highest BCUT2D eigenvalue weighted by molar-refractivity contribution is 9.10. The number of nitrogens with zero attached hydrogens (tertiary/aromatic N) is 1. The minimum absolute atomic E-state index is 0.373. The fraction of sp³-hybridized carbons (Fsp3) is 0.333. The minimum atomic E-state index is -0.373. The number of unbranched alkanes of at least 4 members (excludes halogenated alkanes) is 3. The average molecular weight is 446 g/mol. The van der Waals surface area contributed by atoms with Gasteiger partial charge in [-0.15, -0.1) is 0 Å². The van der Waals surface area contributed by atoms with Crippen molar-refractivity contribution in [3.8, 4) is 17.0 Å². The zero-order valence-electron chi connectivity index (χ0n) is 15.8. The normalized spacial score (nSPS) is 10.8. The van der Waals surface area contributed by atoms with Gasteiger partial charge in [0.15, 0.2) is 0 Å². The molecule has 0 bridgehead atoms. The second-order valence-electron chi connectivity index (χ2n) is 6.44. The van der Waals surface area contributed by atoms with E-state index in [4.69, 9.17) is 9.47 Å². The van der Waals surface area contributed by atoms with Crippen LogP contribution in [0.25, 0.3) is 22.2 Å². The Bertz CT molecular complexity index is 909. The molecule has 3 aromatic rings. The van der Waals surface area contributed by atoms with Crippen molar-refractivity contribution in [3.05, 3.63) is 46.9 Å². The molecule has 7 heteroatoms. The van der Waals surface area contributed by atoms with Gasteiger partial charge in [0, 0.05) is 22.5 Å². The smallest absolute Gasteiger partial charge is 0.406 e. The highest BCUT2D eigenvalue weighted by Gasteiger charge is 2.08. The van der Waals surface area contributed by atoms with Gasteiger partial charge in [0.25, 0.3) is 0 Å². The molecular weight excluding hydrogens is 422 g/mol. The van der Waals surface area contributed by atoms with Crippen LogP contribution in [0.2, 0.25) is 0 Å². The van der Waals surface area contributed by atoms with Crippen molar-refractivity contribution in [3.63, 3.8) is 0 Å². The van der Waals surface area contributed by atoms with Gasteiger partial charge in [-0.3, -0.25) is 5.10 Å². The number of nitrogens with one attached hydrogen (secondary N) is 2. The Morgan fingerprint density at radius 1 is 1.07 bits per heavy atom. The summed E-state index contributed by atoms with van der Waals surface area (Å²) in [5, 5.41) is 11.0. The van der Waals surface area contributed by atoms with Gasteiger partial charge in [-0.05, 0) is 68.1 Å². The van der Waals surface area contributed by atoms with Crippen LogP contribution in [-0.2, 0) is 4.74 Å². The predicted molar refractivity (Wildman–Crippen MR) is 114 cm³/mol. The fourth-order valence-corrected chi connectivity index (χ4v) is 3.27. The molecule has 3 rings (SSSR count). The number of benzene rings is 2. The molecular formula is C21H24BrN3O3. The molecule has 2 N–H and O–H groups in total. The summed E-state index contributed by atoms with van der Waals surface area (Å²) in [6.07, 6.45) is 3.53. The first-order valence-electron chi connectivity index (χ1n) is 9.39. The van der Waals surface area contributed by atoms with E-state index in [1.807, 2.05) is 36.4 Å². The highest BCUT2D eigenvalue weighted by atomic mass is 79.9. The molecule has 2 aromatic carbocycles. The second-order valence-corrected chi connectivity index (χ2v) is 7.35. The van der Waals surface area contributed by atoms with Gasteiger partial charge in [0.05, 0.1) is 24.4 Å². The van der Waals surface area contributed by atoms with Crippen molar-refractivity contribution in [2.24, 2.45) is 0 Å². The number of hydrogen-bond donors (Lipinski definition) is 2. The lowest BCUT2D eigenvalue weighted by Gasteiger charge is -2.07. The molecule has 0 saturated heterocycles. The summed E-state index contributed by atoms with van der Waals surface area (Å²) in [6, 6.07) is 14.1. The zero-order valence-corrected chi connectivity index (χ0v) is 17.4. The molecule has 0 radical (unpaired) electrons. The molecule has 0 aliphatic carbocycles. The quantitative estimate of drug-likeness (QED) is 0.438. The summed E-state index contributed by atoms with van der Waals surface area (Å²) in [4.78, 5) is 10.9. The van der Waals surface area contributed by atoms with Crippen LogP contribution in [0.5, 0.6) is 5.75 Å². The lowest BCUT2D eigenvalue weighted by atomic mass is 10.1. The fourth-order valence-electron chi connectivity index (χ4n) is 2.91. The van der Waals surface area contributed by atoms with Gasteiger partial charge >= 0.3 is 6.09 Å². The largest absolute Gasteiger partial charge is 0.494 e. The number of aromatic amines is 1. The first-order valence-corrected chi connectivity index (χ1v) is 10.2. The number of hydrogen-bond acceptors (Lipinski definition) is 4. The van der Waals surface area contributed by atoms with Crippen LogP contribution in [0.4, 0.5) is 4.79 Å². The molecule has 1 aromatic heterocycles. The molecule has 1 heterocycles. The van der Waals surface area contributed by atoms with Crippen LogP contribution in [0.15, 0.2) is 46.9 Å². The number of aromatic nitrogens is 2. The molecule has 0 aliphatic heterocycles. The van der Waals surface area contributed by atoms with Gasteiger partial charge in [-0.1, -0.05) is 15.9 Å². The number of alkyl carbamates (subject to hydrolysis) is 1. The third kappa shape index (κ3) is 5.48. The van der Waals surface area contributed by atoms with E-state index in [1.165, 1.54) is 0 Å². The Kier molecular flexibility index (Phi) is 7.31. The summed E-state index contributed by atoms with van der Waals surface area (Å²) in [5.74, 6) is 0.856. The number of rotatable bonds is 9. The van der Waals surface area contributed by atoms with E-state index in [-0.39, 0.29) is 6.09 Å². The van der Waals surface area contributed by atoms with Crippen LogP contribution < -0.4 is 10.1 Å². The number of carbonyl (C=O) groups is 1. The number of carbonyl (C=O) groups excluding carboxylic acids is 1. The average Bonchev–Trinajstić information content (AvgIpc) is 3.13. The summed E-state index contributed by atoms with van der Waals surface area (Å²) in [5.41, 5.74) is 3.00. The van der Waals surface area contributed by atoms with Crippen LogP contribution >= 0.6 is 15.9 Å². The summed E-state index contributed by atoms with van der Waals surface area (Å²) >= 11 is 3.48. The third-order valence-corrected chi connectivity index (χ3v) is 4.89. The number of amides is 1. The Balaban J connectivity index is 1.42. The van der Waals surface area contributed by atoms with Gasteiger partial charge in [-0.25, -0.2) is 4.79 Å². The van der Waals surface area contributed by atoms with Crippen LogP contribution in [0.3, 0.4) is 0 Å². The van der Waals surface area contributed by atoms with E-state index >= 15 is 0 Å². The third-order valence-electron chi connectivity index (χ3n) is 4.40. The van der Waals surface area contributed by atoms with Crippen molar-refractivity contribution in [2.75, 3.05) is 20.3 Å². The van der Waals surface area contributed by atoms with Crippen molar-refractivity contribution in [1.29, 1.82) is 0 Å². The monoisotopic (exact) mass is 445 g/mol. The molecule has 0 fully saturated rings. The Labute approximate surface area is 172 Å².